The summed E-state index contributed by atoms with van der Waals surface area (Å²) in [4.78, 5) is 11.0. The van der Waals surface area contributed by atoms with Gasteiger partial charge in [0.25, 0.3) is 0 Å². The molecule has 0 unspecified atom stereocenters. The Morgan fingerprint density at radius 2 is 1.86 bits per heavy atom. The third-order valence-corrected chi connectivity index (χ3v) is 3.44. The van der Waals surface area contributed by atoms with E-state index in [4.69, 9.17) is 0 Å². The largest absolute Gasteiger partial charge is 0.376 e. The van der Waals surface area contributed by atoms with E-state index in [0.29, 0.717) is 0 Å². The summed E-state index contributed by atoms with van der Waals surface area (Å²) in [6.45, 7) is 2.88. The van der Waals surface area contributed by atoms with Gasteiger partial charge >= 0.3 is 0 Å². The topological polar surface area (TPSA) is 53.1 Å². The van der Waals surface area contributed by atoms with E-state index in [0.717, 1.165) is 34.7 Å². The van der Waals surface area contributed by atoms with Crippen LogP contribution in [0.1, 0.15) is 6.92 Å². The Morgan fingerprint density at radius 3 is 2.52 bits per heavy atom. The van der Waals surface area contributed by atoms with Crippen molar-refractivity contribution >= 4 is 34.8 Å². The van der Waals surface area contributed by atoms with E-state index < -0.39 is 0 Å². The second-order valence-corrected chi connectivity index (χ2v) is 5.47. The van der Waals surface area contributed by atoms with Crippen LogP contribution in [0.2, 0.25) is 0 Å². The molecule has 1 heterocycles. The highest BCUT2D eigenvalue weighted by molar-refractivity contribution is 7.98. The van der Waals surface area contributed by atoms with Crippen LogP contribution in [0.3, 0.4) is 0 Å². The maximum atomic E-state index is 4.51. The molecule has 0 fully saturated rings. The highest BCUT2D eigenvalue weighted by atomic mass is 32.2. The van der Waals surface area contributed by atoms with Gasteiger partial charge in [-0.25, -0.2) is 9.97 Å². The van der Waals surface area contributed by atoms with Crippen molar-refractivity contribution < 1.29 is 0 Å². The van der Waals surface area contributed by atoms with Crippen molar-refractivity contribution in [1.82, 2.24) is 9.97 Å². The minimum Gasteiger partial charge on any atom is -0.376 e. The molecule has 0 aliphatic rings. The zero-order valence-corrected chi connectivity index (χ0v) is 13.7. The molecule has 0 amide bonds. The smallest absolute Gasteiger partial charge is 0.191 e. The fourth-order valence-electron chi connectivity index (χ4n) is 1.96. The fraction of sp³-hybridized carbons (Fsp3) is 0.333. The molecule has 2 rings (SSSR count). The first-order chi connectivity index (χ1) is 10.1. The number of aromatic nitrogens is 2. The quantitative estimate of drug-likeness (QED) is 0.630. The molecule has 0 radical (unpaired) electrons. The number of nitrogens with one attached hydrogen (secondary N) is 2. The van der Waals surface area contributed by atoms with E-state index in [1.807, 2.05) is 44.6 Å². The van der Waals surface area contributed by atoms with Crippen molar-refractivity contribution in [3.63, 3.8) is 0 Å². The van der Waals surface area contributed by atoms with Gasteiger partial charge in [-0.3, -0.25) is 0 Å². The average molecular weight is 303 g/mol. The Labute approximate surface area is 130 Å². The second kappa shape index (κ2) is 7.17. The van der Waals surface area contributed by atoms with Crippen molar-refractivity contribution in [3.8, 4) is 0 Å². The number of thioether (sulfide) groups is 1. The zero-order chi connectivity index (χ0) is 15.2. The van der Waals surface area contributed by atoms with Crippen molar-refractivity contribution in [2.45, 2.75) is 12.1 Å². The van der Waals surface area contributed by atoms with E-state index in [-0.39, 0.29) is 0 Å². The molecule has 1 aromatic heterocycles. The Balaban J connectivity index is 2.32. The van der Waals surface area contributed by atoms with Crippen LogP contribution in [0.5, 0.6) is 0 Å². The fourth-order valence-corrected chi connectivity index (χ4v) is 2.34. The van der Waals surface area contributed by atoms with E-state index >= 15 is 0 Å². The van der Waals surface area contributed by atoms with Crippen LogP contribution < -0.4 is 15.5 Å². The lowest BCUT2D eigenvalue weighted by Crippen LogP contribution is -2.11. The zero-order valence-electron chi connectivity index (χ0n) is 12.8. The number of hydrogen-bond donors (Lipinski definition) is 2. The monoisotopic (exact) mass is 303 g/mol. The minimum absolute atomic E-state index is 0.748. The molecule has 0 atom stereocenters. The van der Waals surface area contributed by atoms with Crippen LogP contribution >= 0.6 is 11.8 Å². The summed E-state index contributed by atoms with van der Waals surface area (Å²) >= 11 is 1.53. The van der Waals surface area contributed by atoms with Crippen LogP contribution in [0.4, 0.5) is 23.0 Å². The molecule has 2 N–H and O–H groups in total. The second-order valence-electron chi connectivity index (χ2n) is 4.69. The Morgan fingerprint density at radius 1 is 1.14 bits per heavy atom. The normalized spacial score (nSPS) is 10.3. The predicted octanol–water partition coefficient (Wildman–Crippen LogP) is 3.44. The molecule has 5 nitrogen and oxygen atoms in total. The minimum atomic E-state index is 0.748. The SMILES string of the molecule is CCNc1cc(Nc2ccccc2N(C)C)nc(SC)n1. The summed E-state index contributed by atoms with van der Waals surface area (Å²) in [7, 11) is 4.05. The van der Waals surface area contributed by atoms with Gasteiger partial charge in [-0.05, 0) is 25.3 Å². The van der Waals surface area contributed by atoms with Gasteiger partial charge in [-0.1, -0.05) is 23.9 Å². The van der Waals surface area contributed by atoms with Gasteiger partial charge in [0.15, 0.2) is 5.16 Å². The van der Waals surface area contributed by atoms with Crippen molar-refractivity contribution in [2.75, 3.05) is 42.4 Å². The molecule has 2 aromatic rings. The van der Waals surface area contributed by atoms with Crippen molar-refractivity contribution in [1.29, 1.82) is 0 Å². The molecule has 21 heavy (non-hydrogen) atoms. The summed E-state index contributed by atoms with van der Waals surface area (Å²) in [5.41, 5.74) is 2.14. The first-order valence-electron chi connectivity index (χ1n) is 6.84. The third-order valence-electron chi connectivity index (χ3n) is 2.89. The van der Waals surface area contributed by atoms with Crippen LogP contribution in [0.15, 0.2) is 35.5 Å². The van der Waals surface area contributed by atoms with Crippen LogP contribution in [0, 0.1) is 0 Å². The first-order valence-corrected chi connectivity index (χ1v) is 8.06. The molecule has 0 spiro atoms. The van der Waals surface area contributed by atoms with Gasteiger partial charge in [-0.15, -0.1) is 0 Å². The van der Waals surface area contributed by atoms with Crippen LogP contribution in [-0.2, 0) is 0 Å². The van der Waals surface area contributed by atoms with E-state index in [9.17, 15) is 0 Å². The van der Waals surface area contributed by atoms with E-state index in [1.165, 1.54) is 11.8 Å². The summed E-state index contributed by atoms with van der Waals surface area (Å²) in [6, 6.07) is 10.1. The van der Waals surface area contributed by atoms with Gasteiger partial charge in [0.1, 0.15) is 11.6 Å². The average Bonchev–Trinajstić information content (AvgIpc) is 2.47. The summed E-state index contributed by atoms with van der Waals surface area (Å²) in [5.74, 6) is 1.63. The van der Waals surface area contributed by atoms with Gasteiger partial charge in [0, 0.05) is 26.7 Å². The lowest BCUT2D eigenvalue weighted by molar-refractivity contribution is 0.966. The number of nitrogens with zero attached hydrogens (tertiary/aromatic N) is 3. The summed E-state index contributed by atoms with van der Waals surface area (Å²) in [5, 5.41) is 7.36. The van der Waals surface area contributed by atoms with Crippen molar-refractivity contribution in [2.24, 2.45) is 0 Å². The number of anilines is 4. The van der Waals surface area contributed by atoms with Gasteiger partial charge in [0.2, 0.25) is 0 Å². The molecular weight excluding hydrogens is 282 g/mol. The lowest BCUT2D eigenvalue weighted by Gasteiger charge is -2.18. The third kappa shape index (κ3) is 4.01. The number of para-hydroxylation sites is 2. The first kappa shape index (κ1) is 15.4. The number of rotatable bonds is 6. The summed E-state index contributed by atoms with van der Waals surface area (Å²) < 4.78 is 0. The molecule has 112 valence electrons. The molecule has 1 aromatic carbocycles. The van der Waals surface area contributed by atoms with Crippen LogP contribution in [-0.4, -0.2) is 36.9 Å². The Kier molecular flexibility index (Phi) is 5.27. The predicted molar refractivity (Wildman–Crippen MR) is 92.0 cm³/mol. The highest BCUT2D eigenvalue weighted by Gasteiger charge is 2.07. The molecule has 0 aliphatic heterocycles. The highest BCUT2D eigenvalue weighted by Crippen LogP contribution is 2.27. The molecule has 0 saturated heterocycles. The molecule has 6 heteroatoms. The molecule has 0 bridgehead atoms. The lowest BCUT2D eigenvalue weighted by atomic mass is 10.2. The van der Waals surface area contributed by atoms with Gasteiger partial charge in [0.05, 0.1) is 11.4 Å². The Bertz CT molecular complexity index is 600. The van der Waals surface area contributed by atoms with Crippen LogP contribution in [0.25, 0.3) is 0 Å². The van der Waals surface area contributed by atoms with E-state index in [2.05, 4.69) is 38.5 Å². The maximum Gasteiger partial charge on any atom is 0.191 e. The van der Waals surface area contributed by atoms with Gasteiger partial charge < -0.3 is 15.5 Å². The molecule has 0 saturated carbocycles. The maximum absolute atomic E-state index is 4.51. The summed E-state index contributed by atoms with van der Waals surface area (Å²) in [6.07, 6.45) is 1.97. The Hall–Kier alpha value is -1.95. The van der Waals surface area contributed by atoms with Crippen molar-refractivity contribution in [3.05, 3.63) is 30.3 Å². The standard InChI is InChI=1S/C15H21N5S/c1-5-16-13-10-14(19-15(18-13)21-4)17-11-8-6-7-9-12(11)20(2)3/h6-10H,5H2,1-4H3,(H2,16,17,18,19). The molecular formula is C15H21N5S. The number of benzene rings is 1. The van der Waals surface area contributed by atoms with E-state index in [1.54, 1.807) is 0 Å². The number of hydrogen-bond acceptors (Lipinski definition) is 6. The van der Waals surface area contributed by atoms with Gasteiger partial charge in [-0.2, -0.15) is 0 Å². The molecule has 0 aliphatic carbocycles.